The molecule has 9 heteroatoms. The number of rotatable bonds is 4. The molecule has 2 aromatic carbocycles. The third-order valence-corrected chi connectivity index (χ3v) is 4.29. The second-order valence-electron chi connectivity index (χ2n) is 5.97. The van der Waals surface area contributed by atoms with Crippen molar-refractivity contribution in [3.05, 3.63) is 79.5 Å². The fourth-order valence-electron chi connectivity index (χ4n) is 2.73. The predicted octanol–water partition coefficient (Wildman–Crippen LogP) is 2.50. The van der Waals surface area contributed by atoms with Gasteiger partial charge in [-0.1, -0.05) is 17.7 Å². The van der Waals surface area contributed by atoms with E-state index >= 15 is 0 Å². The summed E-state index contributed by atoms with van der Waals surface area (Å²) in [6.07, 6.45) is 0. The molecule has 1 aromatic heterocycles. The van der Waals surface area contributed by atoms with Crippen molar-refractivity contribution >= 4 is 28.4 Å². The number of halogens is 3. The van der Waals surface area contributed by atoms with Gasteiger partial charge >= 0.3 is 5.69 Å². The molecule has 3 aromatic rings. The molecule has 3 rings (SSSR count). The van der Waals surface area contributed by atoms with Gasteiger partial charge < -0.3 is 10.3 Å². The number of carbonyl (C=O) groups excluding carboxylic acids is 1. The van der Waals surface area contributed by atoms with Crippen LogP contribution in [0.1, 0.15) is 18.5 Å². The van der Waals surface area contributed by atoms with E-state index in [4.69, 9.17) is 11.6 Å². The lowest BCUT2D eigenvalue weighted by Gasteiger charge is -2.15. The smallest absolute Gasteiger partial charge is 0.329 e. The van der Waals surface area contributed by atoms with E-state index in [0.29, 0.717) is 11.1 Å². The minimum atomic E-state index is -0.805. The van der Waals surface area contributed by atoms with Crippen LogP contribution in [0.5, 0.6) is 0 Å². The van der Waals surface area contributed by atoms with Gasteiger partial charge in [0.1, 0.15) is 18.2 Å². The van der Waals surface area contributed by atoms with Crippen LogP contribution in [0.3, 0.4) is 0 Å². The van der Waals surface area contributed by atoms with Crippen molar-refractivity contribution < 1.29 is 13.6 Å². The zero-order valence-electron chi connectivity index (χ0n) is 14.1. The standard InChI is InChI=1S/C18H14ClF2N3O3/c1-9(12-5-3-11(20)7-14(12)21)22-16(25)8-24-17(26)13-4-2-10(19)6-15(13)23-18(24)27/h2-7,9H,8H2,1H3,(H,22,25)(H,23,27)/t9-/m0/s1. The van der Waals surface area contributed by atoms with Crippen LogP contribution in [-0.4, -0.2) is 15.5 Å². The molecule has 0 saturated heterocycles. The third kappa shape index (κ3) is 3.90. The van der Waals surface area contributed by atoms with E-state index in [1.54, 1.807) is 0 Å². The first-order valence-corrected chi connectivity index (χ1v) is 8.31. The van der Waals surface area contributed by atoms with Crippen LogP contribution in [-0.2, 0) is 11.3 Å². The number of aromatic amines is 1. The first-order valence-electron chi connectivity index (χ1n) is 7.93. The Morgan fingerprint density at radius 1 is 1.22 bits per heavy atom. The van der Waals surface area contributed by atoms with Crippen LogP contribution < -0.4 is 16.6 Å². The van der Waals surface area contributed by atoms with Crippen molar-refractivity contribution in [1.82, 2.24) is 14.9 Å². The van der Waals surface area contributed by atoms with Crippen LogP contribution in [0.25, 0.3) is 10.9 Å². The van der Waals surface area contributed by atoms with E-state index in [2.05, 4.69) is 10.3 Å². The summed E-state index contributed by atoms with van der Waals surface area (Å²) in [5, 5.41) is 3.03. The Labute approximate surface area is 156 Å². The fraction of sp³-hybridized carbons (Fsp3) is 0.167. The number of hydrogen-bond acceptors (Lipinski definition) is 3. The number of benzene rings is 2. The van der Waals surface area contributed by atoms with E-state index in [1.807, 2.05) is 0 Å². The Morgan fingerprint density at radius 2 is 1.96 bits per heavy atom. The first kappa shape index (κ1) is 18.8. The van der Waals surface area contributed by atoms with E-state index in [0.717, 1.165) is 10.6 Å². The average molecular weight is 394 g/mol. The molecule has 0 aliphatic carbocycles. The van der Waals surface area contributed by atoms with Gasteiger partial charge in [0.15, 0.2) is 0 Å². The lowest BCUT2D eigenvalue weighted by atomic mass is 10.1. The Hall–Kier alpha value is -3.00. The number of aromatic nitrogens is 2. The molecule has 1 amide bonds. The molecule has 6 nitrogen and oxygen atoms in total. The molecule has 0 aliphatic heterocycles. The summed E-state index contributed by atoms with van der Waals surface area (Å²) in [6, 6.07) is 6.59. The molecule has 0 aliphatic rings. The molecule has 0 bridgehead atoms. The van der Waals surface area contributed by atoms with Crippen molar-refractivity contribution in [2.24, 2.45) is 0 Å². The molecular weight excluding hydrogens is 380 g/mol. The SMILES string of the molecule is C[C@H](NC(=O)Cn1c(=O)[nH]c2cc(Cl)ccc2c1=O)c1ccc(F)cc1F. The number of hydrogen-bond donors (Lipinski definition) is 2. The molecule has 1 heterocycles. The quantitative estimate of drug-likeness (QED) is 0.714. The average Bonchev–Trinajstić information content (AvgIpc) is 2.58. The minimum absolute atomic E-state index is 0.0826. The zero-order chi connectivity index (χ0) is 19.7. The van der Waals surface area contributed by atoms with E-state index in [9.17, 15) is 23.2 Å². The van der Waals surface area contributed by atoms with Crippen molar-refractivity contribution in [1.29, 1.82) is 0 Å². The minimum Gasteiger partial charge on any atom is -0.348 e. The van der Waals surface area contributed by atoms with Crippen molar-refractivity contribution in [3.8, 4) is 0 Å². The zero-order valence-corrected chi connectivity index (χ0v) is 14.8. The summed E-state index contributed by atoms with van der Waals surface area (Å²) in [6.45, 7) is 0.948. The van der Waals surface area contributed by atoms with Crippen molar-refractivity contribution in [3.63, 3.8) is 0 Å². The van der Waals surface area contributed by atoms with Gasteiger partial charge in [-0.25, -0.2) is 13.6 Å². The molecule has 0 unspecified atom stereocenters. The van der Waals surface area contributed by atoms with Gasteiger partial charge in [-0.15, -0.1) is 0 Å². The highest BCUT2D eigenvalue weighted by atomic mass is 35.5. The van der Waals surface area contributed by atoms with Crippen LogP contribution in [0.2, 0.25) is 5.02 Å². The van der Waals surface area contributed by atoms with Gasteiger partial charge in [0, 0.05) is 16.7 Å². The maximum Gasteiger partial charge on any atom is 0.329 e. The monoisotopic (exact) mass is 393 g/mol. The highest BCUT2D eigenvalue weighted by molar-refractivity contribution is 6.31. The maximum absolute atomic E-state index is 13.8. The molecule has 27 heavy (non-hydrogen) atoms. The van der Waals surface area contributed by atoms with Gasteiger partial charge in [-0.2, -0.15) is 0 Å². The highest BCUT2D eigenvalue weighted by Gasteiger charge is 2.16. The Balaban J connectivity index is 1.85. The molecule has 0 radical (unpaired) electrons. The van der Waals surface area contributed by atoms with Crippen LogP contribution in [0, 0.1) is 11.6 Å². The summed E-state index contributed by atoms with van der Waals surface area (Å²) >= 11 is 5.84. The number of nitrogens with one attached hydrogen (secondary N) is 2. The van der Waals surface area contributed by atoms with Crippen molar-refractivity contribution in [2.75, 3.05) is 0 Å². The molecule has 1 atom stereocenters. The largest absolute Gasteiger partial charge is 0.348 e. The summed E-state index contributed by atoms with van der Waals surface area (Å²) in [5.74, 6) is -2.21. The number of fused-ring (bicyclic) bond motifs is 1. The summed E-state index contributed by atoms with van der Waals surface area (Å²) in [4.78, 5) is 39.3. The lowest BCUT2D eigenvalue weighted by molar-refractivity contribution is -0.122. The van der Waals surface area contributed by atoms with Gasteiger partial charge in [-0.05, 0) is 31.2 Å². The number of amides is 1. The van der Waals surface area contributed by atoms with Crippen LogP contribution in [0.15, 0.2) is 46.0 Å². The normalized spacial score (nSPS) is 12.1. The Bertz CT molecular complexity index is 1160. The van der Waals surface area contributed by atoms with Gasteiger partial charge in [0.25, 0.3) is 5.56 Å². The van der Waals surface area contributed by atoms with Gasteiger partial charge in [0.05, 0.1) is 16.9 Å². The molecular formula is C18H14ClF2N3O3. The molecule has 2 N–H and O–H groups in total. The number of H-pyrrole nitrogens is 1. The topological polar surface area (TPSA) is 84.0 Å². The van der Waals surface area contributed by atoms with E-state index in [-0.39, 0.29) is 16.5 Å². The molecule has 0 saturated carbocycles. The maximum atomic E-state index is 13.8. The summed E-state index contributed by atoms with van der Waals surface area (Å²) < 4.78 is 27.5. The lowest BCUT2D eigenvalue weighted by Crippen LogP contribution is -2.41. The summed E-state index contributed by atoms with van der Waals surface area (Å²) in [7, 11) is 0. The molecule has 0 fully saturated rings. The Kier molecular flexibility index (Phi) is 5.09. The fourth-order valence-corrected chi connectivity index (χ4v) is 2.90. The molecule has 0 spiro atoms. The van der Waals surface area contributed by atoms with Crippen LogP contribution in [0.4, 0.5) is 8.78 Å². The highest BCUT2D eigenvalue weighted by Crippen LogP contribution is 2.17. The second kappa shape index (κ2) is 7.32. The third-order valence-electron chi connectivity index (χ3n) is 4.05. The van der Waals surface area contributed by atoms with Crippen LogP contribution >= 0.6 is 11.6 Å². The first-order chi connectivity index (χ1) is 12.8. The van der Waals surface area contributed by atoms with E-state index < -0.39 is 41.4 Å². The predicted molar refractivity (Wildman–Crippen MR) is 96.8 cm³/mol. The van der Waals surface area contributed by atoms with Crippen molar-refractivity contribution in [2.45, 2.75) is 19.5 Å². The number of nitrogens with zero attached hydrogens (tertiary/aromatic N) is 1. The van der Waals surface area contributed by atoms with Gasteiger partial charge in [0.2, 0.25) is 5.91 Å². The molecule has 140 valence electrons. The summed E-state index contributed by atoms with van der Waals surface area (Å²) in [5.41, 5.74) is -1.08. The van der Waals surface area contributed by atoms with Gasteiger partial charge in [-0.3, -0.25) is 14.2 Å². The second-order valence-corrected chi connectivity index (χ2v) is 6.40. The van der Waals surface area contributed by atoms with E-state index in [1.165, 1.54) is 31.2 Å². The Morgan fingerprint density at radius 3 is 2.67 bits per heavy atom. The number of carbonyl (C=O) groups is 1.